The minimum absolute atomic E-state index is 0.0800. The average Bonchev–Trinajstić information content (AvgIpc) is 2.62. The fourth-order valence-electron chi connectivity index (χ4n) is 4.11. The Kier molecular flexibility index (Phi) is 6.25. The molecule has 0 saturated carbocycles. The maximum atomic E-state index is 10.1. The first-order chi connectivity index (χ1) is 12.9. The number of nitrogens with zero attached hydrogens (tertiary/aromatic N) is 2. The molecule has 1 heterocycles. The van der Waals surface area contributed by atoms with Crippen LogP contribution in [0, 0.1) is 6.92 Å². The van der Waals surface area contributed by atoms with Gasteiger partial charge in [0.15, 0.2) is 0 Å². The second kappa shape index (κ2) is 8.47. The van der Waals surface area contributed by atoms with E-state index in [2.05, 4.69) is 48.4 Å². The highest BCUT2D eigenvalue weighted by molar-refractivity contribution is 6.31. The molecule has 0 spiro atoms. The fourth-order valence-corrected chi connectivity index (χ4v) is 4.23. The third-order valence-electron chi connectivity index (χ3n) is 5.54. The van der Waals surface area contributed by atoms with Crippen molar-refractivity contribution in [1.82, 2.24) is 9.80 Å². The van der Waals surface area contributed by atoms with Gasteiger partial charge in [-0.05, 0) is 55.7 Å². The molecule has 0 bridgehead atoms. The van der Waals surface area contributed by atoms with Crippen LogP contribution in [0.15, 0.2) is 55.1 Å². The Balaban J connectivity index is 2.02. The topological polar surface area (TPSA) is 26.7 Å². The van der Waals surface area contributed by atoms with E-state index >= 15 is 0 Å². The predicted octanol–water partition coefficient (Wildman–Crippen LogP) is 5.02. The van der Waals surface area contributed by atoms with Crippen LogP contribution < -0.4 is 0 Å². The molecule has 144 valence electrons. The molecule has 4 heteroatoms. The van der Waals surface area contributed by atoms with Crippen LogP contribution in [0.25, 0.3) is 0 Å². The number of benzene rings is 2. The van der Waals surface area contributed by atoms with E-state index in [1.807, 2.05) is 31.2 Å². The van der Waals surface area contributed by atoms with Crippen molar-refractivity contribution >= 4 is 11.6 Å². The van der Waals surface area contributed by atoms with E-state index in [-0.39, 0.29) is 6.04 Å². The van der Waals surface area contributed by atoms with Gasteiger partial charge >= 0.3 is 0 Å². The Bertz CT molecular complexity index is 807. The van der Waals surface area contributed by atoms with Crippen LogP contribution in [0.3, 0.4) is 0 Å². The van der Waals surface area contributed by atoms with Gasteiger partial charge in [0, 0.05) is 36.7 Å². The number of hydrogen-bond donors (Lipinski definition) is 1. The molecule has 0 amide bonds. The standard InChI is InChI=1S/C23H29ClN2O/c1-5-11-25-14-18(4)26(15-17(25)3)23(19-7-6-8-21(27)13-19)20-9-10-22(24)16(2)12-20/h5-10,12-13,17-18,23,27H,1,11,14-15H2,2-4H3/t17-,18+,23?/m0/s1. The molecule has 1 aliphatic heterocycles. The zero-order chi connectivity index (χ0) is 19.6. The quantitative estimate of drug-likeness (QED) is 0.733. The first-order valence-corrected chi connectivity index (χ1v) is 9.94. The molecular formula is C23H29ClN2O. The molecule has 0 radical (unpaired) electrons. The highest BCUT2D eigenvalue weighted by Gasteiger charge is 2.34. The van der Waals surface area contributed by atoms with E-state index < -0.39 is 0 Å². The lowest BCUT2D eigenvalue weighted by Gasteiger charge is -2.47. The van der Waals surface area contributed by atoms with E-state index in [1.54, 1.807) is 6.07 Å². The van der Waals surface area contributed by atoms with Crippen molar-refractivity contribution in [2.45, 2.75) is 38.9 Å². The van der Waals surface area contributed by atoms with Gasteiger partial charge in [-0.25, -0.2) is 0 Å². The number of aromatic hydroxyl groups is 1. The van der Waals surface area contributed by atoms with Crippen molar-refractivity contribution in [2.75, 3.05) is 19.6 Å². The van der Waals surface area contributed by atoms with Crippen molar-refractivity contribution in [3.8, 4) is 5.75 Å². The second-order valence-corrected chi connectivity index (χ2v) is 8.05. The Morgan fingerprint density at radius 2 is 1.89 bits per heavy atom. The van der Waals surface area contributed by atoms with Gasteiger partial charge in [-0.2, -0.15) is 0 Å². The van der Waals surface area contributed by atoms with Crippen LogP contribution in [0.1, 0.15) is 36.6 Å². The van der Waals surface area contributed by atoms with Crippen LogP contribution >= 0.6 is 11.6 Å². The number of aryl methyl sites for hydroxylation is 1. The Labute approximate surface area is 167 Å². The van der Waals surface area contributed by atoms with Crippen LogP contribution in [0.5, 0.6) is 5.75 Å². The first kappa shape index (κ1) is 19.9. The Morgan fingerprint density at radius 3 is 2.56 bits per heavy atom. The van der Waals surface area contributed by atoms with Crippen molar-refractivity contribution in [3.05, 3.63) is 76.8 Å². The number of piperazine rings is 1. The molecule has 3 nitrogen and oxygen atoms in total. The molecule has 3 atom stereocenters. The molecule has 1 N–H and O–H groups in total. The summed E-state index contributed by atoms with van der Waals surface area (Å²) in [5.74, 6) is 0.300. The van der Waals surface area contributed by atoms with Crippen molar-refractivity contribution in [1.29, 1.82) is 0 Å². The SMILES string of the molecule is C=CCN1C[C@@H](C)N(C(c2cccc(O)c2)c2ccc(Cl)c(C)c2)C[C@@H]1C. The summed E-state index contributed by atoms with van der Waals surface area (Å²) in [7, 11) is 0. The predicted molar refractivity (Wildman–Crippen MR) is 114 cm³/mol. The third kappa shape index (κ3) is 4.37. The van der Waals surface area contributed by atoms with Crippen LogP contribution in [0.4, 0.5) is 0 Å². The number of phenols is 1. The van der Waals surface area contributed by atoms with Crippen molar-refractivity contribution < 1.29 is 5.11 Å². The van der Waals surface area contributed by atoms with Crippen LogP contribution in [-0.4, -0.2) is 46.6 Å². The van der Waals surface area contributed by atoms with Gasteiger partial charge in [-0.3, -0.25) is 9.80 Å². The summed E-state index contributed by atoms with van der Waals surface area (Å²) in [6.45, 7) is 13.4. The molecule has 3 rings (SSSR count). The zero-order valence-corrected chi connectivity index (χ0v) is 17.2. The zero-order valence-electron chi connectivity index (χ0n) is 16.4. The largest absolute Gasteiger partial charge is 0.508 e. The molecule has 2 aromatic carbocycles. The third-order valence-corrected chi connectivity index (χ3v) is 5.97. The van der Waals surface area contributed by atoms with Gasteiger partial charge in [0.05, 0.1) is 6.04 Å². The van der Waals surface area contributed by atoms with Gasteiger partial charge < -0.3 is 5.11 Å². The lowest BCUT2D eigenvalue weighted by molar-refractivity contribution is 0.0306. The normalized spacial score (nSPS) is 22.5. The molecule has 27 heavy (non-hydrogen) atoms. The molecule has 0 aliphatic carbocycles. The van der Waals surface area contributed by atoms with Crippen LogP contribution in [-0.2, 0) is 0 Å². The van der Waals surface area contributed by atoms with Gasteiger partial charge in [0.25, 0.3) is 0 Å². The average molecular weight is 385 g/mol. The Hall–Kier alpha value is -1.81. The van der Waals surface area contributed by atoms with E-state index in [0.29, 0.717) is 17.8 Å². The molecule has 1 saturated heterocycles. The number of phenolic OH excluding ortho intramolecular Hbond substituents is 1. The monoisotopic (exact) mass is 384 g/mol. The highest BCUT2D eigenvalue weighted by atomic mass is 35.5. The number of hydrogen-bond acceptors (Lipinski definition) is 3. The summed E-state index contributed by atoms with van der Waals surface area (Å²) >= 11 is 6.28. The van der Waals surface area contributed by atoms with Crippen molar-refractivity contribution in [2.24, 2.45) is 0 Å². The molecule has 1 fully saturated rings. The van der Waals surface area contributed by atoms with Gasteiger partial charge in [-0.1, -0.05) is 41.9 Å². The Morgan fingerprint density at radius 1 is 1.15 bits per heavy atom. The fraction of sp³-hybridized carbons (Fsp3) is 0.391. The first-order valence-electron chi connectivity index (χ1n) is 9.56. The molecule has 2 aromatic rings. The summed E-state index contributed by atoms with van der Waals surface area (Å²) < 4.78 is 0. The van der Waals surface area contributed by atoms with Gasteiger partial charge in [0.1, 0.15) is 5.75 Å². The van der Waals surface area contributed by atoms with Gasteiger partial charge in [-0.15, -0.1) is 6.58 Å². The summed E-state index contributed by atoms with van der Waals surface area (Å²) in [6.07, 6.45) is 1.98. The highest BCUT2D eigenvalue weighted by Crippen LogP contribution is 2.35. The van der Waals surface area contributed by atoms with E-state index in [9.17, 15) is 5.11 Å². The number of halogens is 1. The summed E-state index contributed by atoms with van der Waals surface area (Å²) in [5.41, 5.74) is 3.39. The molecular weight excluding hydrogens is 356 g/mol. The van der Waals surface area contributed by atoms with E-state index in [1.165, 1.54) is 5.56 Å². The molecule has 0 aromatic heterocycles. The number of rotatable bonds is 5. The van der Waals surface area contributed by atoms with E-state index in [4.69, 9.17) is 11.6 Å². The summed E-state index contributed by atoms with van der Waals surface area (Å²) in [6, 6.07) is 14.8. The minimum atomic E-state index is 0.0800. The van der Waals surface area contributed by atoms with Gasteiger partial charge in [0.2, 0.25) is 0 Å². The maximum absolute atomic E-state index is 10.1. The second-order valence-electron chi connectivity index (χ2n) is 7.64. The molecule has 1 unspecified atom stereocenters. The van der Waals surface area contributed by atoms with E-state index in [0.717, 1.165) is 35.8 Å². The molecule has 1 aliphatic rings. The smallest absolute Gasteiger partial charge is 0.115 e. The lowest BCUT2D eigenvalue weighted by atomic mass is 9.92. The minimum Gasteiger partial charge on any atom is -0.508 e. The lowest BCUT2D eigenvalue weighted by Crippen LogP contribution is -2.57. The van der Waals surface area contributed by atoms with Crippen LogP contribution in [0.2, 0.25) is 5.02 Å². The maximum Gasteiger partial charge on any atom is 0.115 e. The van der Waals surface area contributed by atoms with Crippen molar-refractivity contribution in [3.63, 3.8) is 0 Å². The summed E-state index contributed by atoms with van der Waals surface area (Å²) in [4.78, 5) is 5.02. The summed E-state index contributed by atoms with van der Waals surface area (Å²) in [5, 5.41) is 10.9.